The van der Waals surface area contributed by atoms with Gasteiger partial charge in [-0.05, 0) is 23.7 Å². The van der Waals surface area contributed by atoms with Gasteiger partial charge in [-0.3, -0.25) is 4.79 Å². The molecule has 0 bridgehead atoms. The summed E-state index contributed by atoms with van der Waals surface area (Å²) in [7, 11) is 0. The molecule has 0 radical (unpaired) electrons. The molecule has 0 atom stereocenters. The van der Waals surface area contributed by atoms with Gasteiger partial charge in [-0.1, -0.05) is 6.07 Å². The van der Waals surface area contributed by atoms with Gasteiger partial charge in [0.05, 0.1) is 5.56 Å². The third-order valence-electron chi connectivity index (χ3n) is 1.81. The van der Waals surface area contributed by atoms with Gasteiger partial charge in [0.2, 0.25) is 5.89 Å². The maximum absolute atomic E-state index is 11.0. The standard InChI is InChI=1S/C9H6ClNO3/c10-9(13)5-2-1-3-6-8(5)11-7(4-12)14-6/h1-3,12H,4H2. The lowest BCUT2D eigenvalue weighted by atomic mass is 10.2. The van der Waals surface area contributed by atoms with Crippen molar-refractivity contribution < 1.29 is 14.3 Å². The molecule has 72 valence electrons. The van der Waals surface area contributed by atoms with Gasteiger partial charge in [0.25, 0.3) is 5.24 Å². The van der Waals surface area contributed by atoms with Crippen LogP contribution in [0, 0.1) is 0 Å². The molecule has 0 unspecified atom stereocenters. The molecule has 1 N–H and O–H groups in total. The second kappa shape index (κ2) is 3.40. The molecule has 0 saturated heterocycles. The second-order valence-corrected chi connectivity index (χ2v) is 3.04. The van der Waals surface area contributed by atoms with Gasteiger partial charge < -0.3 is 9.52 Å². The SMILES string of the molecule is O=C(Cl)c1cccc2oc(CO)nc12. The quantitative estimate of drug-likeness (QED) is 0.768. The fraction of sp³-hybridized carbons (Fsp3) is 0.111. The number of oxazole rings is 1. The highest BCUT2D eigenvalue weighted by Crippen LogP contribution is 2.20. The summed E-state index contributed by atoms with van der Waals surface area (Å²) in [6, 6.07) is 4.86. The Bertz CT molecular complexity index is 492. The molecule has 0 aliphatic heterocycles. The van der Waals surface area contributed by atoms with Crippen LogP contribution in [-0.2, 0) is 6.61 Å². The van der Waals surface area contributed by atoms with Crippen molar-refractivity contribution >= 4 is 27.9 Å². The summed E-state index contributed by atoms with van der Waals surface area (Å²) in [6.45, 7) is -0.301. The number of aliphatic hydroxyl groups excluding tert-OH is 1. The molecular formula is C9H6ClNO3. The van der Waals surface area contributed by atoms with Crippen molar-refractivity contribution in [1.29, 1.82) is 0 Å². The van der Waals surface area contributed by atoms with Crippen LogP contribution in [0.3, 0.4) is 0 Å². The van der Waals surface area contributed by atoms with Gasteiger partial charge >= 0.3 is 0 Å². The molecule has 1 heterocycles. The molecular weight excluding hydrogens is 206 g/mol. The van der Waals surface area contributed by atoms with E-state index in [1.54, 1.807) is 18.2 Å². The van der Waals surface area contributed by atoms with Crippen LogP contribution in [0.15, 0.2) is 22.6 Å². The highest BCUT2D eigenvalue weighted by Gasteiger charge is 2.12. The number of aliphatic hydroxyl groups is 1. The first-order valence-corrected chi connectivity index (χ1v) is 4.29. The molecule has 0 aliphatic carbocycles. The lowest BCUT2D eigenvalue weighted by Crippen LogP contribution is -1.90. The van der Waals surface area contributed by atoms with Crippen LogP contribution >= 0.6 is 11.6 Å². The van der Waals surface area contributed by atoms with E-state index in [1.807, 2.05) is 0 Å². The van der Waals surface area contributed by atoms with Crippen molar-refractivity contribution in [3.63, 3.8) is 0 Å². The number of hydrogen-bond donors (Lipinski definition) is 1. The van der Waals surface area contributed by atoms with Crippen LogP contribution in [0.25, 0.3) is 11.1 Å². The molecule has 0 fully saturated rings. The van der Waals surface area contributed by atoms with E-state index < -0.39 is 5.24 Å². The zero-order chi connectivity index (χ0) is 10.1. The van der Waals surface area contributed by atoms with Gasteiger partial charge in [0.15, 0.2) is 5.58 Å². The molecule has 0 aliphatic rings. The number of rotatable bonds is 2. The number of nitrogens with zero attached hydrogens (tertiary/aromatic N) is 1. The first-order valence-electron chi connectivity index (χ1n) is 3.91. The molecule has 1 aromatic carbocycles. The van der Waals surface area contributed by atoms with E-state index in [1.165, 1.54) is 0 Å². The molecule has 14 heavy (non-hydrogen) atoms. The molecule has 2 aromatic rings. The Morgan fingerprint density at radius 1 is 1.57 bits per heavy atom. The van der Waals surface area contributed by atoms with Crippen molar-refractivity contribution in [3.8, 4) is 0 Å². The summed E-state index contributed by atoms with van der Waals surface area (Å²) in [6.07, 6.45) is 0. The number of carbonyl (C=O) groups excluding carboxylic acids is 1. The van der Waals surface area contributed by atoms with Crippen molar-refractivity contribution in [3.05, 3.63) is 29.7 Å². The number of para-hydroxylation sites is 1. The Morgan fingerprint density at radius 2 is 2.36 bits per heavy atom. The first kappa shape index (κ1) is 9.18. The summed E-state index contributed by atoms with van der Waals surface area (Å²) in [5, 5.41) is 8.20. The number of carbonyl (C=O) groups is 1. The number of halogens is 1. The summed E-state index contributed by atoms with van der Waals surface area (Å²) in [4.78, 5) is 14.9. The van der Waals surface area contributed by atoms with E-state index in [9.17, 15) is 4.79 Å². The van der Waals surface area contributed by atoms with Gasteiger partial charge in [0, 0.05) is 0 Å². The monoisotopic (exact) mass is 211 g/mol. The van der Waals surface area contributed by atoms with Gasteiger partial charge in [-0.25, -0.2) is 4.98 Å². The summed E-state index contributed by atoms with van der Waals surface area (Å²) >= 11 is 5.35. The molecule has 0 amide bonds. The van der Waals surface area contributed by atoms with Crippen molar-refractivity contribution in [2.75, 3.05) is 0 Å². The minimum Gasteiger partial charge on any atom is -0.438 e. The largest absolute Gasteiger partial charge is 0.438 e. The summed E-state index contributed by atoms with van der Waals surface area (Å²) in [5.74, 6) is 0.172. The van der Waals surface area contributed by atoms with Crippen LogP contribution in [0.4, 0.5) is 0 Å². The van der Waals surface area contributed by atoms with E-state index in [2.05, 4.69) is 4.98 Å². The molecule has 4 nitrogen and oxygen atoms in total. The number of fused-ring (bicyclic) bond motifs is 1. The molecule has 5 heteroatoms. The predicted octanol–water partition coefficient (Wildman–Crippen LogP) is 1.70. The Kier molecular flexibility index (Phi) is 2.23. The maximum Gasteiger partial charge on any atom is 0.254 e. The summed E-state index contributed by atoms with van der Waals surface area (Å²) in [5.41, 5.74) is 1.12. The molecule has 0 spiro atoms. The van der Waals surface area contributed by atoms with E-state index in [-0.39, 0.29) is 18.1 Å². The minimum atomic E-state index is -0.589. The average Bonchev–Trinajstić information content (AvgIpc) is 2.59. The Labute approximate surface area is 84.1 Å². The minimum absolute atomic E-state index is 0.172. The van der Waals surface area contributed by atoms with Crippen LogP contribution in [0.5, 0.6) is 0 Å². The number of aromatic nitrogens is 1. The Morgan fingerprint density at radius 3 is 3.00 bits per heavy atom. The second-order valence-electron chi connectivity index (χ2n) is 2.69. The first-order chi connectivity index (χ1) is 6.72. The zero-order valence-corrected chi connectivity index (χ0v) is 7.78. The highest BCUT2D eigenvalue weighted by molar-refractivity contribution is 6.68. The van der Waals surface area contributed by atoms with Crippen LogP contribution in [0.2, 0.25) is 0 Å². The van der Waals surface area contributed by atoms with E-state index in [0.29, 0.717) is 11.1 Å². The lowest BCUT2D eigenvalue weighted by Gasteiger charge is -1.91. The topological polar surface area (TPSA) is 63.3 Å². The van der Waals surface area contributed by atoms with E-state index >= 15 is 0 Å². The predicted molar refractivity (Wildman–Crippen MR) is 50.1 cm³/mol. The Hall–Kier alpha value is -1.39. The normalized spacial score (nSPS) is 10.7. The van der Waals surface area contributed by atoms with Gasteiger partial charge in [-0.2, -0.15) is 0 Å². The van der Waals surface area contributed by atoms with Crippen molar-refractivity contribution in [2.24, 2.45) is 0 Å². The highest BCUT2D eigenvalue weighted by atomic mass is 35.5. The van der Waals surface area contributed by atoms with Crippen molar-refractivity contribution in [2.45, 2.75) is 6.61 Å². The van der Waals surface area contributed by atoms with Gasteiger partial charge in [-0.15, -0.1) is 0 Å². The molecule has 1 aromatic heterocycles. The van der Waals surface area contributed by atoms with E-state index in [4.69, 9.17) is 21.1 Å². The molecule has 2 rings (SSSR count). The lowest BCUT2D eigenvalue weighted by molar-refractivity contribution is 0.108. The van der Waals surface area contributed by atoms with Crippen LogP contribution < -0.4 is 0 Å². The summed E-state index contributed by atoms with van der Waals surface area (Å²) < 4.78 is 5.14. The Balaban J connectivity index is 2.73. The average molecular weight is 212 g/mol. The van der Waals surface area contributed by atoms with Gasteiger partial charge in [0.1, 0.15) is 12.1 Å². The third kappa shape index (κ3) is 1.38. The number of benzene rings is 1. The fourth-order valence-corrected chi connectivity index (χ4v) is 1.37. The van der Waals surface area contributed by atoms with Crippen LogP contribution in [0.1, 0.15) is 16.2 Å². The number of hydrogen-bond acceptors (Lipinski definition) is 4. The third-order valence-corrected chi connectivity index (χ3v) is 2.01. The van der Waals surface area contributed by atoms with E-state index in [0.717, 1.165) is 0 Å². The fourth-order valence-electron chi connectivity index (χ4n) is 1.22. The molecule has 0 saturated carbocycles. The van der Waals surface area contributed by atoms with Crippen LogP contribution in [-0.4, -0.2) is 15.3 Å². The van der Waals surface area contributed by atoms with Crippen molar-refractivity contribution in [1.82, 2.24) is 4.98 Å². The zero-order valence-electron chi connectivity index (χ0n) is 7.03. The smallest absolute Gasteiger partial charge is 0.254 e. The maximum atomic E-state index is 11.0.